The number of carbonyl (C=O) groups is 1. The van der Waals surface area contributed by atoms with Crippen molar-refractivity contribution >= 4 is 28.2 Å². The van der Waals surface area contributed by atoms with Gasteiger partial charge in [0.25, 0.3) is 0 Å². The quantitative estimate of drug-likeness (QED) is 0.433. The number of halogens is 1. The first-order chi connectivity index (χ1) is 14.9. The molecule has 0 bridgehead atoms. The number of rotatable bonds is 10. The molecular weight excluding hydrogens is 424 g/mol. The van der Waals surface area contributed by atoms with E-state index >= 15 is 0 Å². The number of aliphatic hydroxyl groups excluding tert-OH is 1. The summed E-state index contributed by atoms with van der Waals surface area (Å²) in [5.74, 6) is 1.53. The van der Waals surface area contributed by atoms with Gasteiger partial charge >= 0.3 is 5.97 Å². The van der Waals surface area contributed by atoms with Crippen LogP contribution in [0.15, 0.2) is 30.3 Å². The molecule has 0 fully saturated rings. The van der Waals surface area contributed by atoms with Crippen molar-refractivity contribution in [3.05, 3.63) is 47.0 Å². The number of carbonyl (C=O) groups excluding carboxylic acids is 1. The number of ether oxygens (including phenoxy) is 5. The Hall–Kier alpha value is -2.90. The van der Waals surface area contributed by atoms with Crippen LogP contribution in [0, 0.1) is 0 Å². The van der Waals surface area contributed by atoms with Crippen molar-refractivity contribution < 1.29 is 33.6 Å². The number of hydrogen-bond acceptors (Lipinski definition) is 7. The Labute approximate surface area is 187 Å². The third kappa shape index (κ3) is 5.62. The number of methoxy groups -OCH3 is 4. The van der Waals surface area contributed by atoms with Crippen molar-refractivity contribution in [2.75, 3.05) is 41.7 Å². The normalized spacial score (nSPS) is 11.5. The minimum absolute atomic E-state index is 0.0234. The maximum atomic E-state index is 12.2. The zero-order valence-corrected chi connectivity index (χ0v) is 19.0. The molecule has 0 saturated heterocycles. The van der Waals surface area contributed by atoms with Crippen molar-refractivity contribution in [3.8, 4) is 23.0 Å². The van der Waals surface area contributed by atoms with Gasteiger partial charge in [-0.1, -0.05) is 17.7 Å². The van der Waals surface area contributed by atoms with Crippen LogP contribution in [-0.4, -0.2) is 52.7 Å². The fourth-order valence-corrected chi connectivity index (χ4v) is 3.46. The van der Waals surface area contributed by atoms with Gasteiger partial charge in [-0.25, -0.2) is 0 Å². The van der Waals surface area contributed by atoms with E-state index < -0.39 is 5.97 Å². The van der Waals surface area contributed by atoms with Crippen LogP contribution in [0.1, 0.15) is 23.6 Å². The second-order valence-electron chi connectivity index (χ2n) is 6.37. The van der Waals surface area contributed by atoms with E-state index in [1.807, 2.05) is 0 Å². The Morgan fingerprint density at radius 3 is 2.03 bits per heavy atom. The number of benzene rings is 2. The average molecular weight is 451 g/mol. The highest BCUT2D eigenvalue weighted by Gasteiger charge is 2.20. The van der Waals surface area contributed by atoms with Crippen LogP contribution in [-0.2, 0) is 16.0 Å². The SMILES string of the molecule is CCOC(=O)Cc1cc(OC)c(OC)cc1C(Cl)=C(CO)c1ccc(OC)c(OC)c1. The lowest BCUT2D eigenvalue weighted by molar-refractivity contribution is -0.142. The summed E-state index contributed by atoms with van der Waals surface area (Å²) in [6, 6.07) is 8.56. The fourth-order valence-electron chi connectivity index (χ4n) is 3.11. The van der Waals surface area contributed by atoms with Gasteiger partial charge in [0.2, 0.25) is 0 Å². The van der Waals surface area contributed by atoms with Crippen LogP contribution in [0.2, 0.25) is 0 Å². The van der Waals surface area contributed by atoms with Crippen molar-refractivity contribution in [3.63, 3.8) is 0 Å². The molecule has 7 nitrogen and oxygen atoms in total. The van der Waals surface area contributed by atoms with E-state index in [1.54, 1.807) is 44.4 Å². The van der Waals surface area contributed by atoms with Gasteiger partial charge in [-0.15, -0.1) is 0 Å². The Morgan fingerprint density at radius 2 is 1.48 bits per heavy atom. The third-order valence-electron chi connectivity index (χ3n) is 4.64. The summed E-state index contributed by atoms with van der Waals surface area (Å²) >= 11 is 6.77. The van der Waals surface area contributed by atoms with E-state index in [0.717, 1.165) is 0 Å². The number of esters is 1. The van der Waals surface area contributed by atoms with Gasteiger partial charge in [-0.2, -0.15) is 0 Å². The second kappa shape index (κ2) is 11.5. The molecule has 0 aliphatic heterocycles. The molecule has 0 aliphatic rings. The molecule has 168 valence electrons. The summed E-state index contributed by atoms with van der Waals surface area (Å²) in [5, 5.41) is 10.4. The highest BCUT2D eigenvalue weighted by atomic mass is 35.5. The number of aliphatic hydroxyl groups is 1. The monoisotopic (exact) mass is 450 g/mol. The molecule has 8 heteroatoms. The Balaban J connectivity index is 2.69. The zero-order chi connectivity index (χ0) is 23.0. The predicted molar refractivity (Wildman–Crippen MR) is 119 cm³/mol. The highest BCUT2D eigenvalue weighted by Crippen LogP contribution is 2.40. The van der Waals surface area contributed by atoms with Crippen LogP contribution in [0.3, 0.4) is 0 Å². The van der Waals surface area contributed by atoms with E-state index in [0.29, 0.717) is 45.3 Å². The summed E-state index contributed by atoms with van der Waals surface area (Å²) in [5.41, 5.74) is 2.18. The maximum Gasteiger partial charge on any atom is 0.310 e. The average Bonchev–Trinajstić information content (AvgIpc) is 2.78. The van der Waals surface area contributed by atoms with Crippen LogP contribution in [0.25, 0.3) is 10.6 Å². The lowest BCUT2D eigenvalue weighted by Crippen LogP contribution is -2.10. The molecule has 2 aromatic carbocycles. The smallest absolute Gasteiger partial charge is 0.310 e. The van der Waals surface area contributed by atoms with E-state index in [9.17, 15) is 9.90 Å². The van der Waals surface area contributed by atoms with Gasteiger partial charge in [0, 0.05) is 11.1 Å². The molecule has 0 aromatic heterocycles. The molecule has 0 saturated carbocycles. The minimum atomic E-state index is -0.405. The Morgan fingerprint density at radius 1 is 0.903 bits per heavy atom. The van der Waals surface area contributed by atoms with Crippen LogP contribution in [0.5, 0.6) is 23.0 Å². The van der Waals surface area contributed by atoms with Gasteiger partial charge in [-0.05, 0) is 42.3 Å². The standard InChI is InChI=1S/C23H27ClO7/c1-6-31-22(26)11-15-10-20(29-4)21(30-5)12-16(15)23(24)17(13-25)14-7-8-18(27-2)19(9-14)28-3/h7-10,12,25H,6,11,13H2,1-5H3. The lowest BCUT2D eigenvalue weighted by atomic mass is 9.97. The van der Waals surface area contributed by atoms with Gasteiger partial charge < -0.3 is 28.8 Å². The summed E-state index contributed by atoms with van der Waals surface area (Å²) in [4.78, 5) is 12.2. The van der Waals surface area contributed by atoms with Crippen LogP contribution < -0.4 is 18.9 Å². The summed E-state index contributed by atoms with van der Waals surface area (Å²) in [6.45, 7) is 1.65. The molecule has 0 unspecified atom stereocenters. The molecule has 0 amide bonds. The van der Waals surface area contributed by atoms with Crippen molar-refractivity contribution in [2.24, 2.45) is 0 Å². The largest absolute Gasteiger partial charge is 0.493 e. The fraction of sp³-hybridized carbons (Fsp3) is 0.348. The predicted octanol–water partition coefficient (Wildman–Crippen LogP) is 3.93. The van der Waals surface area contributed by atoms with Gasteiger partial charge in [0.1, 0.15) is 0 Å². The first-order valence-electron chi connectivity index (χ1n) is 9.56. The van der Waals surface area contributed by atoms with E-state index in [1.165, 1.54) is 21.3 Å². The van der Waals surface area contributed by atoms with Crippen LogP contribution >= 0.6 is 11.6 Å². The minimum Gasteiger partial charge on any atom is -0.493 e. The molecule has 0 heterocycles. The molecule has 0 atom stereocenters. The lowest BCUT2D eigenvalue weighted by Gasteiger charge is -2.17. The molecule has 2 rings (SSSR count). The molecule has 0 radical (unpaired) electrons. The molecule has 0 aliphatic carbocycles. The third-order valence-corrected chi connectivity index (χ3v) is 5.07. The topological polar surface area (TPSA) is 83.5 Å². The van der Waals surface area contributed by atoms with E-state index in [-0.39, 0.29) is 24.7 Å². The van der Waals surface area contributed by atoms with Crippen molar-refractivity contribution in [1.29, 1.82) is 0 Å². The first kappa shape index (κ1) is 24.4. The first-order valence-corrected chi connectivity index (χ1v) is 9.94. The molecule has 0 spiro atoms. The van der Waals surface area contributed by atoms with Crippen molar-refractivity contribution in [2.45, 2.75) is 13.3 Å². The van der Waals surface area contributed by atoms with E-state index in [4.69, 9.17) is 35.3 Å². The Kier molecular flexibility index (Phi) is 9.03. The van der Waals surface area contributed by atoms with E-state index in [2.05, 4.69) is 0 Å². The summed E-state index contributed by atoms with van der Waals surface area (Å²) in [6.07, 6.45) is -0.0234. The zero-order valence-electron chi connectivity index (χ0n) is 18.3. The summed E-state index contributed by atoms with van der Waals surface area (Å²) < 4.78 is 26.5. The molecular formula is C23H27ClO7. The highest BCUT2D eigenvalue weighted by molar-refractivity contribution is 6.52. The summed E-state index contributed by atoms with van der Waals surface area (Å²) in [7, 11) is 6.08. The maximum absolute atomic E-state index is 12.2. The van der Waals surface area contributed by atoms with Gasteiger partial charge in [-0.3, -0.25) is 4.79 Å². The number of hydrogen-bond donors (Lipinski definition) is 1. The van der Waals surface area contributed by atoms with Crippen molar-refractivity contribution in [1.82, 2.24) is 0 Å². The van der Waals surface area contributed by atoms with Gasteiger partial charge in [0.05, 0.1) is 53.1 Å². The Bertz CT molecular complexity index is 953. The van der Waals surface area contributed by atoms with Crippen LogP contribution in [0.4, 0.5) is 0 Å². The van der Waals surface area contributed by atoms with Gasteiger partial charge in [0.15, 0.2) is 23.0 Å². The molecule has 2 aromatic rings. The molecule has 1 N–H and O–H groups in total. The molecule has 31 heavy (non-hydrogen) atoms. The second-order valence-corrected chi connectivity index (χ2v) is 6.74.